The van der Waals surface area contributed by atoms with Crippen molar-refractivity contribution in [2.45, 2.75) is 25.3 Å². The molecule has 4 aromatic rings. The summed E-state index contributed by atoms with van der Waals surface area (Å²) in [7, 11) is 0. The summed E-state index contributed by atoms with van der Waals surface area (Å²) in [5, 5.41) is 2.90. The van der Waals surface area contributed by atoms with Gasteiger partial charge in [-0.05, 0) is 12.1 Å². The number of thiazole rings is 1. The number of para-hydroxylation sites is 2. The Hall–Kier alpha value is -3.00. The molecular weight excluding hydrogens is 362 g/mol. The Morgan fingerprint density at radius 3 is 3.11 bits per heavy atom. The fourth-order valence-corrected chi connectivity index (χ4v) is 4.16. The number of fused-ring (bicyclic) bond motifs is 2. The smallest absolute Gasteiger partial charge is 0.224 e. The van der Waals surface area contributed by atoms with Gasteiger partial charge in [0.15, 0.2) is 11.6 Å². The van der Waals surface area contributed by atoms with Gasteiger partial charge in [0, 0.05) is 43.1 Å². The molecule has 8 heteroatoms. The molecule has 0 radical (unpaired) electrons. The molecule has 7 nitrogen and oxygen atoms in total. The van der Waals surface area contributed by atoms with E-state index in [9.17, 15) is 4.79 Å². The van der Waals surface area contributed by atoms with Crippen LogP contribution in [0.3, 0.4) is 0 Å². The molecule has 27 heavy (non-hydrogen) atoms. The zero-order valence-corrected chi connectivity index (χ0v) is 15.3. The van der Waals surface area contributed by atoms with Crippen LogP contribution in [0.15, 0.2) is 46.6 Å². The van der Waals surface area contributed by atoms with Crippen molar-refractivity contribution in [2.24, 2.45) is 0 Å². The van der Waals surface area contributed by atoms with Gasteiger partial charge < -0.3 is 14.3 Å². The van der Waals surface area contributed by atoms with Gasteiger partial charge in [0.25, 0.3) is 0 Å². The molecule has 0 fully saturated rings. The first-order valence-corrected chi connectivity index (χ1v) is 9.73. The van der Waals surface area contributed by atoms with E-state index in [1.54, 1.807) is 23.9 Å². The standard InChI is InChI=1S/C19H17N5O2S/c25-16(6-5-15-20-8-10-27-15)24-9-7-13-17(22-11-21-13)18(24)19-23-12-3-1-2-4-14(12)26-19/h1-4,8,10-11,18H,5-7,9H2,(H,21,22)/t18-/m0/s1. The van der Waals surface area contributed by atoms with Crippen molar-refractivity contribution in [3.8, 4) is 0 Å². The minimum absolute atomic E-state index is 0.0612. The lowest BCUT2D eigenvalue weighted by atomic mass is 10.0. The van der Waals surface area contributed by atoms with Gasteiger partial charge in [-0.15, -0.1) is 11.3 Å². The lowest BCUT2D eigenvalue weighted by molar-refractivity contribution is -0.133. The van der Waals surface area contributed by atoms with Crippen LogP contribution < -0.4 is 0 Å². The first-order valence-electron chi connectivity index (χ1n) is 8.85. The quantitative estimate of drug-likeness (QED) is 0.589. The number of carbonyl (C=O) groups excluding carboxylic acids is 1. The molecule has 0 aliphatic carbocycles. The molecule has 4 heterocycles. The van der Waals surface area contributed by atoms with Crippen LogP contribution in [0.4, 0.5) is 0 Å². The van der Waals surface area contributed by atoms with Gasteiger partial charge in [-0.2, -0.15) is 0 Å². The Balaban J connectivity index is 1.49. The predicted octanol–water partition coefficient (Wildman–Crippen LogP) is 3.11. The number of oxazole rings is 1. The zero-order valence-electron chi connectivity index (χ0n) is 14.5. The number of imidazole rings is 1. The van der Waals surface area contributed by atoms with E-state index in [1.807, 2.05) is 34.5 Å². The first-order chi connectivity index (χ1) is 13.3. The van der Waals surface area contributed by atoms with Crippen LogP contribution >= 0.6 is 11.3 Å². The highest BCUT2D eigenvalue weighted by Gasteiger charge is 2.37. The first kappa shape index (κ1) is 16.2. The Morgan fingerprint density at radius 1 is 1.33 bits per heavy atom. The Labute approximate surface area is 159 Å². The topological polar surface area (TPSA) is 87.9 Å². The lowest BCUT2D eigenvalue weighted by Crippen LogP contribution is -2.41. The number of amides is 1. The highest BCUT2D eigenvalue weighted by atomic mass is 32.1. The molecule has 1 atom stereocenters. The maximum atomic E-state index is 13.0. The molecule has 1 aromatic carbocycles. The number of aromatic nitrogens is 4. The van der Waals surface area contributed by atoms with Crippen molar-refractivity contribution in [3.63, 3.8) is 0 Å². The van der Waals surface area contributed by atoms with Crippen molar-refractivity contribution in [1.82, 2.24) is 24.8 Å². The number of carbonyl (C=O) groups is 1. The predicted molar refractivity (Wildman–Crippen MR) is 100 cm³/mol. The van der Waals surface area contributed by atoms with Gasteiger partial charge >= 0.3 is 0 Å². The van der Waals surface area contributed by atoms with Gasteiger partial charge in [-0.1, -0.05) is 12.1 Å². The molecule has 1 N–H and O–H groups in total. The Morgan fingerprint density at radius 2 is 2.26 bits per heavy atom. The van der Waals surface area contributed by atoms with Crippen molar-refractivity contribution in [3.05, 3.63) is 64.5 Å². The molecule has 0 saturated carbocycles. The molecule has 3 aromatic heterocycles. The number of rotatable bonds is 4. The average molecular weight is 379 g/mol. The molecule has 136 valence electrons. The average Bonchev–Trinajstić information content (AvgIpc) is 3.45. The molecule has 1 amide bonds. The highest BCUT2D eigenvalue weighted by molar-refractivity contribution is 7.09. The monoisotopic (exact) mass is 379 g/mol. The normalized spacial score (nSPS) is 16.6. The summed E-state index contributed by atoms with van der Waals surface area (Å²) in [5.41, 5.74) is 3.34. The van der Waals surface area contributed by atoms with Crippen LogP contribution in [-0.2, 0) is 17.6 Å². The number of aryl methyl sites for hydroxylation is 1. The van der Waals surface area contributed by atoms with E-state index < -0.39 is 6.04 Å². The van der Waals surface area contributed by atoms with E-state index >= 15 is 0 Å². The summed E-state index contributed by atoms with van der Waals surface area (Å²) in [6.07, 6.45) is 5.23. The minimum atomic E-state index is -0.406. The molecule has 0 saturated heterocycles. The highest BCUT2D eigenvalue weighted by Crippen LogP contribution is 2.35. The summed E-state index contributed by atoms with van der Waals surface area (Å²) in [5.74, 6) is 0.568. The van der Waals surface area contributed by atoms with E-state index in [-0.39, 0.29) is 5.91 Å². The summed E-state index contributed by atoms with van der Waals surface area (Å²) < 4.78 is 6.00. The number of benzene rings is 1. The second-order valence-electron chi connectivity index (χ2n) is 6.45. The van der Waals surface area contributed by atoms with Gasteiger partial charge in [0.1, 0.15) is 5.52 Å². The van der Waals surface area contributed by atoms with Crippen molar-refractivity contribution in [1.29, 1.82) is 0 Å². The second kappa shape index (κ2) is 6.62. The van der Waals surface area contributed by atoms with Crippen molar-refractivity contribution >= 4 is 28.3 Å². The molecular formula is C19H17N5O2S. The van der Waals surface area contributed by atoms with Crippen LogP contribution in [0, 0.1) is 0 Å². The molecule has 0 unspecified atom stereocenters. The van der Waals surface area contributed by atoms with E-state index in [2.05, 4.69) is 19.9 Å². The van der Waals surface area contributed by atoms with E-state index in [1.165, 1.54) is 0 Å². The van der Waals surface area contributed by atoms with Crippen molar-refractivity contribution < 1.29 is 9.21 Å². The Kier molecular flexibility index (Phi) is 3.97. The van der Waals surface area contributed by atoms with Crippen LogP contribution in [0.5, 0.6) is 0 Å². The van der Waals surface area contributed by atoms with Gasteiger partial charge in [0.2, 0.25) is 11.8 Å². The maximum absolute atomic E-state index is 13.0. The number of hydrogen-bond acceptors (Lipinski definition) is 6. The summed E-state index contributed by atoms with van der Waals surface area (Å²) in [6, 6.07) is 7.22. The third-order valence-electron chi connectivity index (χ3n) is 4.83. The third kappa shape index (κ3) is 2.91. The second-order valence-corrected chi connectivity index (χ2v) is 7.43. The largest absolute Gasteiger partial charge is 0.438 e. The van der Waals surface area contributed by atoms with Gasteiger partial charge in [-0.25, -0.2) is 15.0 Å². The van der Waals surface area contributed by atoms with Gasteiger partial charge in [-0.3, -0.25) is 4.79 Å². The van der Waals surface area contributed by atoms with Crippen LogP contribution in [0.1, 0.15) is 34.7 Å². The lowest BCUT2D eigenvalue weighted by Gasteiger charge is -2.33. The minimum Gasteiger partial charge on any atom is -0.438 e. The molecule has 1 aliphatic rings. The fraction of sp³-hybridized carbons (Fsp3) is 0.263. The van der Waals surface area contributed by atoms with Gasteiger partial charge in [0.05, 0.1) is 17.0 Å². The number of H-pyrrole nitrogens is 1. The third-order valence-corrected chi connectivity index (χ3v) is 5.67. The summed E-state index contributed by atoms with van der Waals surface area (Å²) in [4.78, 5) is 31.4. The van der Waals surface area contributed by atoms with Crippen LogP contribution in [0.2, 0.25) is 0 Å². The molecule has 0 bridgehead atoms. The Bertz CT molecular complexity index is 1050. The number of aromatic amines is 1. The van der Waals surface area contributed by atoms with Crippen LogP contribution in [-0.4, -0.2) is 37.3 Å². The number of nitrogens with one attached hydrogen (secondary N) is 1. The molecule has 1 aliphatic heterocycles. The fourth-order valence-electron chi connectivity index (χ4n) is 3.54. The van der Waals surface area contributed by atoms with E-state index in [0.29, 0.717) is 30.9 Å². The maximum Gasteiger partial charge on any atom is 0.224 e. The molecule has 0 spiro atoms. The van der Waals surface area contributed by atoms with E-state index in [4.69, 9.17) is 4.42 Å². The van der Waals surface area contributed by atoms with Crippen LogP contribution in [0.25, 0.3) is 11.1 Å². The SMILES string of the molecule is O=C(CCc1nccs1)N1CCc2[nH]cnc2[C@H]1c1nc2ccccc2o1. The summed E-state index contributed by atoms with van der Waals surface area (Å²) >= 11 is 1.57. The number of hydrogen-bond donors (Lipinski definition) is 1. The zero-order chi connectivity index (χ0) is 18.2. The molecule has 5 rings (SSSR count). The van der Waals surface area contributed by atoms with E-state index in [0.717, 1.165) is 28.3 Å². The summed E-state index contributed by atoms with van der Waals surface area (Å²) in [6.45, 7) is 0.606. The number of nitrogens with zero attached hydrogens (tertiary/aromatic N) is 4. The van der Waals surface area contributed by atoms with Crippen molar-refractivity contribution in [2.75, 3.05) is 6.54 Å².